The summed E-state index contributed by atoms with van der Waals surface area (Å²) in [6.07, 6.45) is 1.72. The van der Waals surface area contributed by atoms with Crippen molar-refractivity contribution in [2.24, 2.45) is 0 Å². The Morgan fingerprint density at radius 2 is 1.42 bits per heavy atom. The van der Waals surface area contributed by atoms with E-state index in [9.17, 15) is 32.3 Å². The number of carboxylic acids is 1. The van der Waals surface area contributed by atoms with E-state index < -0.39 is 12.1 Å². The second-order valence-electron chi connectivity index (χ2n) is 12.8. The Bertz CT molecular complexity index is 1720. The summed E-state index contributed by atoms with van der Waals surface area (Å²) in [5.41, 5.74) is 1.84. The number of amides is 3. The number of carbonyl (C=O) groups excluding carboxylic acids is 3. The third kappa shape index (κ3) is 7.30. The number of benzene rings is 2. The molecule has 2 saturated heterocycles. The first-order valence-corrected chi connectivity index (χ1v) is 16.2. The van der Waals surface area contributed by atoms with Crippen molar-refractivity contribution >= 4 is 34.6 Å². The van der Waals surface area contributed by atoms with Crippen LogP contribution >= 0.6 is 0 Å². The SMILES string of the molecule is CC(C)n1c(=O)c(C(=O)NC2C[C@H]3CC[C@@H](C2)N3CCCCCN2C(=O)c3ccccc3C2=O)cc2ccccc21.O=C(O)C(F)(F)F. The molecule has 3 aliphatic rings. The van der Waals surface area contributed by atoms with Gasteiger partial charge in [-0.05, 0) is 88.6 Å². The molecule has 10 nitrogen and oxygen atoms in total. The maximum absolute atomic E-state index is 13.3. The summed E-state index contributed by atoms with van der Waals surface area (Å²) in [4.78, 5) is 64.7. The highest BCUT2D eigenvalue weighted by Crippen LogP contribution is 2.36. The number of imide groups is 1. The highest BCUT2D eigenvalue weighted by atomic mass is 19.4. The summed E-state index contributed by atoms with van der Waals surface area (Å²) in [5.74, 6) is -3.40. The molecule has 4 heterocycles. The van der Waals surface area contributed by atoms with Crippen molar-refractivity contribution in [2.45, 2.75) is 89.1 Å². The lowest BCUT2D eigenvalue weighted by Crippen LogP contribution is -2.51. The topological polar surface area (TPSA) is 129 Å². The van der Waals surface area contributed by atoms with Crippen molar-refractivity contribution in [1.29, 1.82) is 0 Å². The standard InChI is InChI=1S/C33H38N4O4.C2HF3O2/c1-21(2)37-29-13-7-4-10-22(29)18-28(33(37)41)30(38)34-23-19-24-14-15-25(20-23)35(24)16-8-3-9-17-36-31(39)26-11-5-6-12-27(26)32(36)40;3-2(4,5)1(6)7/h4-7,10-13,18,21,23-25H,3,8-9,14-17,19-20H2,1-2H3,(H,34,38);(H,6,7)/t23?,24-,25+;. The lowest BCUT2D eigenvalue weighted by molar-refractivity contribution is -0.192. The molecule has 3 atom stereocenters. The van der Waals surface area contributed by atoms with E-state index in [4.69, 9.17) is 9.90 Å². The monoisotopic (exact) mass is 668 g/mol. The molecule has 0 spiro atoms. The van der Waals surface area contributed by atoms with Crippen molar-refractivity contribution in [3.63, 3.8) is 0 Å². The van der Waals surface area contributed by atoms with Crippen LogP contribution in [0.5, 0.6) is 0 Å². The molecule has 0 aliphatic carbocycles. The number of nitrogens with zero attached hydrogens (tertiary/aromatic N) is 3. The molecule has 13 heteroatoms. The van der Waals surface area contributed by atoms with Gasteiger partial charge in [-0.25, -0.2) is 4.79 Å². The van der Waals surface area contributed by atoms with Crippen LogP contribution in [0, 0.1) is 0 Å². The molecule has 2 bridgehead atoms. The van der Waals surface area contributed by atoms with Crippen molar-refractivity contribution in [3.05, 3.63) is 81.6 Å². The van der Waals surface area contributed by atoms with Gasteiger partial charge in [0, 0.05) is 30.7 Å². The Labute approximate surface area is 275 Å². The maximum atomic E-state index is 13.3. The first-order chi connectivity index (χ1) is 22.8. The van der Waals surface area contributed by atoms with E-state index in [0.717, 1.165) is 62.4 Å². The first-order valence-electron chi connectivity index (χ1n) is 16.2. The van der Waals surface area contributed by atoms with Crippen LogP contribution < -0.4 is 10.9 Å². The van der Waals surface area contributed by atoms with E-state index in [1.54, 1.807) is 34.9 Å². The Morgan fingerprint density at radius 3 is 1.98 bits per heavy atom. The average molecular weight is 669 g/mol. The van der Waals surface area contributed by atoms with Crippen molar-refractivity contribution < 1.29 is 37.5 Å². The molecule has 48 heavy (non-hydrogen) atoms. The highest BCUT2D eigenvalue weighted by Gasteiger charge is 2.41. The quantitative estimate of drug-likeness (QED) is 0.231. The summed E-state index contributed by atoms with van der Waals surface area (Å²) in [6.45, 7) is 5.38. The van der Waals surface area contributed by atoms with E-state index in [2.05, 4.69) is 10.2 Å². The van der Waals surface area contributed by atoms with Crippen LogP contribution in [0.2, 0.25) is 0 Å². The van der Waals surface area contributed by atoms with Gasteiger partial charge in [-0.1, -0.05) is 36.8 Å². The molecule has 256 valence electrons. The van der Waals surface area contributed by atoms with Crippen molar-refractivity contribution in [2.75, 3.05) is 13.1 Å². The normalized spacial score (nSPS) is 20.5. The second-order valence-corrected chi connectivity index (χ2v) is 12.8. The van der Waals surface area contributed by atoms with Crippen molar-refractivity contribution in [3.8, 4) is 0 Å². The van der Waals surface area contributed by atoms with E-state index >= 15 is 0 Å². The number of unbranched alkanes of at least 4 members (excludes halogenated alkanes) is 2. The van der Waals surface area contributed by atoms with Gasteiger partial charge in [0.2, 0.25) is 0 Å². The maximum Gasteiger partial charge on any atom is 0.490 e. The van der Waals surface area contributed by atoms with Gasteiger partial charge in [-0.3, -0.25) is 29.0 Å². The lowest BCUT2D eigenvalue weighted by atomic mass is 9.96. The number of fused-ring (bicyclic) bond motifs is 4. The number of pyridine rings is 1. The molecule has 0 radical (unpaired) electrons. The average Bonchev–Trinajstić information content (AvgIpc) is 3.42. The highest BCUT2D eigenvalue weighted by molar-refractivity contribution is 6.21. The second kappa shape index (κ2) is 14.3. The smallest absolute Gasteiger partial charge is 0.475 e. The van der Waals surface area contributed by atoms with Crippen LogP contribution in [0.3, 0.4) is 0 Å². The lowest BCUT2D eigenvalue weighted by Gasteiger charge is -2.39. The Morgan fingerprint density at radius 1 is 0.875 bits per heavy atom. The predicted octanol–water partition coefficient (Wildman–Crippen LogP) is 5.41. The van der Waals surface area contributed by atoms with Crippen LogP contribution in [0.1, 0.15) is 95.9 Å². The van der Waals surface area contributed by atoms with Gasteiger partial charge >= 0.3 is 12.1 Å². The van der Waals surface area contributed by atoms with Crippen molar-refractivity contribution in [1.82, 2.24) is 19.7 Å². The molecular weight excluding hydrogens is 629 g/mol. The molecule has 1 aromatic heterocycles. The first kappa shape index (κ1) is 34.8. The number of hydrogen-bond donors (Lipinski definition) is 2. The van der Waals surface area contributed by atoms with E-state index in [1.165, 1.54) is 4.90 Å². The third-order valence-electron chi connectivity index (χ3n) is 9.34. The van der Waals surface area contributed by atoms with Crippen LogP contribution in [-0.4, -0.2) is 80.6 Å². The Kier molecular flexibility index (Phi) is 10.4. The fraction of sp³-hybridized carbons (Fsp3) is 0.457. The summed E-state index contributed by atoms with van der Waals surface area (Å²) >= 11 is 0. The predicted molar refractivity (Wildman–Crippen MR) is 172 cm³/mol. The Hall–Kier alpha value is -4.52. The fourth-order valence-corrected chi connectivity index (χ4v) is 7.16. The zero-order valence-electron chi connectivity index (χ0n) is 26.8. The number of aromatic nitrogens is 1. The molecule has 2 N–H and O–H groups in total. The zero-order valence-corrected chi connectivity index (χ0v) is 26.8. The van der Waals surface area contributed by atoms with Crippen LogP contribution in [0.4, 0.5) is 13.2 Å². The molecular formula is C35H39F3N4O6. The minimum atomic E-state index is -5.08. The number of hydrogen-bond acceptors (Lipinski definition) is 6. The molecule has 2 aromatic carbocycles. The number of carbonyl (C=O) groups is 4. The van der Waals surface area contributed by atoms with Gasteiger partial charge < -0.3 is 15.0 Å². The van der Waals surface area contributed by atoms with Gasteiger partial charge in [0.1, 0.15) is 5.56 Å². The number of nitrogens with one attached hydrogen (secondary N) is 1. The van der Waals surface area contributed by atoms with Gasteiger partial charge in [-0.15, -0.1) is 0 Å². The molecule has 2 fully saturated rings. The van der Waals surface area contributed by atoms with Gasteiger partial charge in [-0.2, -0.15) is 13.2 Å². The minimum absolute atomic E-state index is 0.0492. The van der Waals surface area contributed by atoms with E-state index in [-0.39, 0.29) is 40.9 Å². The van der Waals surface area contributed by atoms with Gasteiger partial charge in [0.15, 0.2) is 0 Å². The van der Waals surface area contributed by atoms with Crippen LogP contribution in [-0.2, 0) is 4.79 Å². The van der Waals surface area contributed by atoms with E-state index in [1.807, 2.05) is 38.1 Å². The molecule has 3 aromatic rings. The molecule has 6 rings (SSSR count). The van der Waals surface area contributed by atoms with E-state index in [0.29, 0.717) is 29.8 Å². The summed E-state index contributed by atoms with van der Waals surface area (Å²) in [5, 5.41) is 11.2. The number of para-hydroxylation sites is 1. The summed E-state index contributed by atoms with van der Waals surface area (Å²) in [7, 11) is 0. The molecule has 0 saturated carbocycles. The van der Waals surface area contributed by atoms with Crippen LogP contribution in [0.15, 0.2) is 59.4 Å². The number of halogens is 3. The number of rotatable bonds is 9. The van der Waals surface area contributed by atoms with Gasteiger partial charge in [0.25, 0.3) is 23.3 Å². The zero-order chi connectivity index (χ0) is 34.7. The minimum Gasteiger partial charge on any atom is -0.475 e. The third-order valence-corrected chi connectivity index (χ3v) is 9.34. The van der Waals surface area contributed by atoms with Gasteiger partial charge in [0.05, 0.1) is 16.6 Å². The molecule has 1 unspecified atom stereocenters. The number of aliphatic carboxylic acids is 1. The Balaban J connectivity index is 0.000000582. The fourth-order valence-electron chi connectivity index (χ4n) is 7.16. The number of carboxylic acid groups (broad SMARTS) is 1. The number of piperidine rings is 1. The molecule has 3 amide bonds. The summed E-state index contributed by atoms with van der Waals surface area (Å²) < 4.78 is 33.4. The number of alkyl halides is 3. The largest absolute Gasteiger partial charge is 0.490 e. The molecule has 3 aliphatic heterocycles. The summed E-state index contributed by atoms with van der Waals surface area (Å²) in [6, 6.07) is 17.4. The van der Waals surface area contributed by atoms with Crippen LogP contribution in [0.25, 0.3) is 10.9 Å².